The molecule has 0 atom stereocenters. The molecule has 0 aliphatic rings. The predicted octanol–water partition coefficient (Wildman–Crippen LogP) is 2.55. The molecule has 0 unspecified atom stereocenters. The van der Waals surface area contributed by atoms with Crippen molar-refractivity contribution in [2.45, 2.75) is 13.8 Å². The first-order valence-corrected chi connectivity index (χ1v) is 6.39. The minimum atomic E-state index is -1.15. The summed E-state index contributed by atoms with van der Waals surface area (Å²) in [5, 5.41) is 0. The van der Waals surface area contributed by atoms with Crippen molar-refractivity contribution in [2.75, 3.05) is 19.7 Å². The van der Waals surface area contributed by atoms with Crippen LogP contribution in [0.25, 0.3) is 0 Å². The summed E-state index contributed by atoms with van der Waals surface area (Å²) in [5.74, 6) is -3.46. The molecule has 1 aromatic rings. The summed E-state index contributed by atoms with van der Waals surface area (Å²) in [6.07, 6.45) is 0. The second-order valence-corrected chi connectivity index (χ2v) is 4.57. The normalized spacial score (nSPS) is 10.1. The van der Waals surface area contributed by atoms with Crippen LogP contribution in [0.2, 0.25) is 0 Å². The molecule has 0 heterocycles. The summed E-state index contributed by atoms with van der Waals surface area (Å²) in [5.41, 5.74) is 0.654. The van der Waals surface area contributed by atoms with Crippen molar-refractivity contribution < 1.29 is 23.1 Å². The largest absolute Gasteiger partial charge is 0.452 e. The van der Waals surface area contributed by atoms with E-state index in [1.165, 1.54) is 4.90 Å². The van der Waals surface area contributed by atoms with Crippen molar-refractivity contribution in [3.63, 3.8) is 0 Å². The van der Waals surface area contributed by atoms with Crippen LogP contribution in [-0.4, -0.2) is 36.5 Å². The first kappa shape index (κ1) is 16.8. The number of hydrogen-bond acceptors (Lipinski definition) is 3. The van der Waals surface area contributed by atoms with Crippen LogP contribution in [0.15, 0.2) is 30.4 Å². The van der Waals surface area contributed by atoms with E-state index >= 15 is 0 Å². The van der Waals surface area contributed by atoms with Crippen molar-refractivity contribution in [1.82, 2.24) is 4.90 Å². The molecule has 0 saturated heterocycles. The highest BCUT2D eigenvalue weighted by atomic mass is 19.2. The van der Waals surface area contributed by atoms with Gasteiger partial charge >= 0.3 is 5.97 Å². The minimum Gasteiger partial charge on any atom is -0.452 e. The van der Waals surface area contributed by atoms with E-state index in [-0.39, 0.29) is 11.5 Å². The van der Waals surface area contributed by atoms with Gasteiger partial charge in [-0.15, -0.1) is 0 Å². The monoisotopic (exact) mass is 297 g/mol. The molecular formula is C15H17F2NO3. The van der Waals surface area contributed by atoms with Gasteiger partial charge in [-0.25, -0.2) is 13.6 Å². The fraction of sp³-hybridized carbons (Fsp3) is 0.333. The Morgan fingerprint density at radius 3 is 2.48 bits per heavy atom. The van der Waals surface area contributed by atoms with Gasteiger partial charge in [0.05, 0.1) is 5.56 Å². The van der Waals surface area contributed by atoms with Gasteiger partial charge in [0.2, 0.25) is 0 Å². The Balaban J connectivity index is 2.61. The third-order valence-corrected chi connectivity index (χ3v) is 2.68. The number of ether oxygens (including phenoxy) is 1. The maximum atomic E-state index is 13.0. The Morgan fingerprint density at radius 1 is 1.29 bits per heavy atom. The topological polar surface area (TPSA) is 46.6 Å². The molecule has 1 amide bonds. The van der Waals surface area contributed by atoms with E-state index in [2.05, 4.69) is 6.58 Å². The number of benzene rings is 1. The molecule has 0 saturated carbocycles. The molecule has 1 aromatic carbocycles. The average molecular weight is 297 g/mol. The van der Waals surface area contributed by atoms with Crippen molar-refractivity contribution in [2.24, 2.45) is 0 Å². The smallest absolute Gasteiger partial charge is 0.338 e. The second kappa shape index (κ2) is 7.52. The van der Waals surface area contributed by atoms with Crippen LogP contribution in [0.5, 0.6) is 0 Å². The predicted molar refractivity (Wildman–Crippen MR) is 73.7 cm³/mol. The summed E-state index contributed by atoms with van der Waals surface area (Å²) >= 11 is 0. The van der Waals surface area contributed by atoms with Gasteiger partial charge in [0.1, 0.15) is 0 Å². The summed E-state index contributed by atoms with van der Waals surface area (Å²) in [6, 6.07) is 2.65. The Hall–Kier alpha value is -2.24. The molecule has 4 nitrogen and oxygen atoms in total. The molecule has 0 aromatic heterocycles. The maximum Gasteiger partial charge on any atom is 0.338 e. The minimum absolute atomic E-state index is 0.148. The van der Waals surface area contributed by atoms with Crippen molar-refractivity contribution in [3.8, 4) is 0 Å². The highest BCUT2D eigenvalue weighted by Crippen LogP contribution is 2.10. The van der Waals surface area contributed by atoms with Crippen LogP contribution in [0.4, 0.5) is 8.78 Å². The molecule has 21 heavy (non-hydrogen) atoms. The lowest BCUT2D eigenvalue weighted by Crippen LogP contribution is -2.35. The van der Waals surface area contributed by atoms with Gasteiger partial charge in [-0.3, -0.25) is 4.79 Å². The zero-order chi connectivity index (χ0) is 16.0. The van der Waals surface area contributed by atoms with E-state index in [0.717, 1.165) is 23.8 Å². The summed E-state index contributed by atoms with van der Waals surface area (Å²) in [4.78, 5) is 25.0. The number of nitrogens with zero attached hydrogens (tertiary/aromatic N) is 1. The number of halogens is 2. The number of carbonyl (C=O) groups is 2. The second-order valence-electron chi connectivity index (χ2n) is 4.57. The summed E-state index contributed by atoms with van der Waals surface area (Å²) < 4.78 is 30.6. The van der Waals surface area contributed by atoms with Crippen molar-refractivity contribution in [3.05, 3.63) is 47.5 Å². The zero-order valence-electron chi connectivity index (χ0n) is 12.0. The quantitative estimate of drug-likeness (QED) is 0.599. The number of rotatable bonds is 6. The number of esters is 1. The van der Waals surface area contributed by atoms with E-state index in [1.807, 2.05) is 0 Å². The van der Waals surface area contributed by atoms with Gasteiger partial charge in [-0.1, -0.05) is 12.2 Å². The van der Waals surface area contributed by atoms with Crippen LogP contribution >= 0.6 is 0 Å². The first-order valence-electron chi connectivity index (χ1n) is 6.39. The molecule has 114 valence electrons. The third-order valence-electron chi connectivity index (χ3n) is 2.68. The van der Waals surface area contributed by atoms with Gasteiger partial charge in [-0.05, 0) is 32.0 Å². The van der Waals surface area contributed by atoms with Gasteiger partial charge in [0.25, 0.3) is 5.91 Å². The molecule has 0 bridgehead atoms. The van der Waals surface area contributed by atoms with E-state index in [9.17, 15) is 18.4 Å². The van der Waals surface area contributed by atoms with Crippen molar-refractivity contribution in [1.29, 1.82) is 0 Å². The van der Waals surface area contributed by atoms with Gasteiger partial charge < -0.3 is 9.64 Å². The van der Waals surface area contributed by atoms with Gasteiger partial charge in [-0.2, -0.15) is 0 Å². The Labute approximate surface area is 122 Å². The maximum absolute atomic E-state index is 13.0. The standard InChI is InChI=1S/C15H17F2NO3/c1-4-18(8-10(2)3)14(19)9-21-15(20)11-5-6-12(16)13(17)7-11/h5-7H,2,4,8-9H2,1,3H3. The molecule has 0 radical (unpaired) electrons. The van der Waals surface area contributed by atoms with Crippen molar-refractivity contribution >= 4 is 11.9 Å². The van der Waals surface area contributed by atoms with E-state index in [1.54, 1.807) is 13.8 Å². The lowest BCUT2D eigenvalue weighted by atomic mass is 10.2. The first-order chi connectivity index (χ1) is 9.85. The molecule has 0 aliphatic carbocycles. The Bertz CT molecular complexity index is 558. The summed E-state index contributed by atoms with van der Waals surface area (Å²) in [7, 11) is 0. The lowest BCUT2D eigenvalue weighted by molar-refractivity contribution is -0.133. The molecular weight excluding hydrogens is 280 g/mol. The van der Waals surface area contributed by atoms with Crippen LogP contribution < -0.4 is 0 Å². The van der Waals surface area contributed by atoms with E-state index in [0.29, 0.717) is 13.1 Å². The Morgan fingerprint density at radius 2 is 1.95 bits per heavy atom. The lowest BCUT2D eigenvalue weighted by Gasteiger charge is -2.20. The summed E-state index contributed by atoms with van der Waals surface area (Å²) in [6.45, 7) is 7.64. The van der Waals surface area contributed by atoms with Crippen LogP contribution in [0, 0.1) is 11.6 Å². The molecule has 0 N–H and O–H groups in total. The SMILES string of the molecule is C=C(C)CN(CC)C(=O)COC(=O)c1ccc(F)c(F)c1. The molecule has 1 rings (SSSR count). The Kier molecular flexibility index (Phi) is 6.02. The van der Waals surface area contributed by atoms with Gasteiger partial charge in [0, 0.05) is 13.1 Å². The van der Waals surface area contributed by atoms with Crippen LogP contribution in [0.1, 0.15) is 24.2 Å². The molecule has 6 heteroatoms. The fourth-order valence-corrected chi connectivity index (χ4v) is 1.63. The number of hydrogen-bond donors (Lipinski definition) is 0. The van der Waals surface area contributed by atoms with Crippen LogP contribution in [0.3, 0.4) is 0 Å². The number of likely N-dealkylation sites (N-methyl/N-ethyl adjacent to an activating group) is 1. The van der Waals surface area contributed by atoms with Crippen LogP contribution in [-0.2, 0) is 9.53 Å². The average Bonchev–Trinajstić information content (AvgIpc) is 2.44. The van der Waals surface area contributed by atoms with E-state index in [4.69, 9.17) is 4.74 Å². The van der Waals surface area contributed by atoms with E-state index < -0.39 is 24.2 Å². The molecule has 0 spiro atoms. The number of carbonyl (C=O) groups excluding carboxylic acids is 2. The highest BCUT2D eigenvalue weighted by Gasteiger charge is 2.16. The fourth-order valence-electron chi connectivity index (χ4n) is 1.63. The van der Waals surface area contributed by atoms with Gasteiger partial charge in [0.15, 0.2) is 18.2 Å². The molecule has 0 aliphatic heterocycles. The number of amides is 1. The zero-order valence-corrected chi connectivity index (χ0v) is 12.0. The highest BCUT2D eigenvalue weighted by molar-refractivity contribution is 5.91. The third kappa shape index (κ3) is 4.98. The molecule has 0 fully saturated rings.